The van der Waals surface area contributed by atoms with Crippen molar-refractivity contribution in [1.29, 1.82) is 0 Å². The Morgan fingerprint density at radius 3 is 1.77 bits per heavy atom. The molecular formula is C6H4F3NO2S. The van der Waals surface area contributed by atoms with E-state index in [4.69, 9.17) is 0 Å². The van der Waals surface area contributed by atoms with E-state index in [1.54, 1.807) is 0 Å². The predicted octanol–water partition coefficient (Wildman–Crippen LogP) is 0.751. The summed E-state index contributed by atoms with van der Waals surface area (Å²) in [5.41, 5.74) is 0. The molecule has 72 valence electrons. The topological polar surface area (TPSA) is 60.2 Å². The van der Waals surface area contributed by atoms with Crippen LogP contribution in [0.25, 0.3) is 0 Å². The van der Waals surface area contributed by atoms with Gasteiger partial charge in [0.2, 0.25) is 10.0 Å². The molecule has 0 saturated heterocycles. The van der Waals surface area contributed by atoms with E-state index in [9.17, 15) is 21.6 Å². The van der Waals surface area contributed by atoms with Crippen molar-refractivity contribution in [2.24, 2.45) is 5.14 Å². The van der Waals surface area contributed by atoms with E-state index in [0.717, 1.165) is 0 Å². The normalized spacial score (nSPS) is 11.7. The molecular weight excluding hydrogens is 207 g/mol. The van der Waals surface area contributed by atoms with Gasteiger partial charge in [-0.25, -0.2) is 26.7 Å². The fourth-order valence-corrected chi connectivity index (χ4v) is 1.23. The van der Waals surface area contributed by atoms with Gasteiger partial charge in [0.05, 0.1) is 4.90 Å². The molecule has 0 aliphatic rings. The second-order valence-corrected chi connectivity index (χ2v) is 3.81. The third-order valence-corrected chi connectivity index (χ3v) is 2.18. The zero-order valence-electron chi connectivity index (χ0n) is 6.09. The van der Waals surface area contributed by atoms with Crippen LogP contribution in [0.15, 0.2) is 17.0 Å². The largest absolute Gasteiger partial charge is 0.238 e. The SMILES string of the molecule is NS(=O)(=O)c1cc(F)c(F)c(F)c1. The van der Waals surface area contributed by atoms with Gasteiger partial charge in [0, 0.05) is 0 Å². The Hall–Kier alpha value is -1.08. The van der Waals surface area contributed by atoms with Crippen molar-refractivity contribution in [2.75, 3.05) is 0 Å². The molecule has 0 amide bonds. The standard InChI is InChI=1S/C6H4F3NO2S/c7-4-1-3(13(10,11)12)2-5(8)6(4)9/h1-2H,(H2,10,11,12). The first-order chi connectivity index (χ1) is 5.82. The highest BCUT2D eigenvalue weighted by molar-refractivity contribution is 7.89. The van der Waals surface area contributed by atoms with E-state index < -0.39 is 32.4 Å². The van der Waals surface area contributed by atoms with Crippen molar-refractivity contribution in [3.05, 3.63) is 29.6 Å². The van der Waals surface area contributed by atoms with Gasteiger partial charge >= 0.3 is 0 Å². The number of rotatable bonds is 1. The molecule has 1 rings (SSSR count). The first-order valence-corrected chi connectivity index (χ1v) is 4.54. The van der Waals surface area contributed by atoms with Crippen LogP contribution >= 0.6 is 0 Å². The summed E-state index contributed by atoms with van der Waals surface area (Å²) in [5, 5.41) is 4.56. The molecule has 0 radical (unpaired) electrons. The fourth-order valence-electron chi connectivity index (χ4n) is 0.697. The van der Waals surface area contributed by atoms with Crippen LogP contribution in [-0.2, 0) is 10.0 Å². The number of nitrogens with two attached hydrogens (primary N) is 1. The Labute approximate surface area is 72.0 Å². The Bertz CT molecular complexity index is 420. The first-order valence-electron chi connectivity index (χ1n) is 2.99. The van der Waals surface area contributed by atoms with Crippen LogP contribution in [0.4, 0.5) is 13.2 Å². The fraction of sp³-hybridized carbons (Fsp3) is 0. The van der Waals surface area contributed by atoms with Crippen LogP contribution < -0.4 is 5.14 Å². The predicted molar refractivity (Wildman–Crippen MR) is 37.7 cm³/mol. The second-order valence-electron chi connectivity index (χ2n) is 2.25. The smallest absolute Gasteiger partial charge is 0.225 e. The second kappa shape index (κ2) is 3.00. The molecule has 0 atom stereocenters. The molecule has 0 spiro atoms. The molecule has 2 N–H and O–H groups in total. The van der Waals surface area contributed by atoms with E-state index in [2.05, 4.69) is 5.14 Å². The summed E-state index contributed by atoms with van der Waals surface area (Å²) in [5.74, 6) is -4.92. The van der Waals surface area contributed by atoms with Gasteiger partial charge in [-0.05, 0) is 12.1 Å². The highest BCUT2D eigenvalue weighted by atomic mass is 32.2. The van der Waals surface area contributed by atoms with Crippen molar-refractivity contribution < 1.29 is 21.6 Å². The average molecular weight is 211 g/mol. The molecule has 0 saturated carbocycles. The summed E-state index contributed by atoms with van der Waals surface area (Å²) in [6, 6.07) is 0.626. The highest BCUT2D eigenvalue weighted by Crippen LogP contribution is 2.15. The number of hydrogen-bond donors (Lipinski definition) is 1. The lowest BCUT2D eigenvalue weighted by atomic mass is 10.3. The number of benzene rings is 1. The zero-order chi connectivity index (χ0) is 10.2. The van der Waals surface area contributed by atoms with E-state index >= 15 is 0 Å². The third kappa shape index (κ3) is 1.99. The van der Waals surface area contributed by atoms with Gasteiger partial charge in [-0.2, -0.15) is 0 Å². The van der Waals surface area contributed by atoms with Gasteiger partial charge in [-0.1, -0.05) is 0 Å². The van der Waals surface area contributed by atoms with Crippen LogP contribution in [0.1, 0.15) is 0 Å². The minimum absolute atomic E-state index is 0.313. The summed E-state index contributed by atoms with van der Waals surface area (Å²) >= 11 is 0. The Morgan fingerprint density at radius 2 is 1.46 bits per heavy atom. The van der Waals surface area contributed by atoms with Crippen molar-refractivity contribution in [3.8, 4) is 0 Å². The van der Waals surface area contributed by atoms with Crippen LogP contribution in [0.2, 0.25) is 0 Å². The summed E-state index contributed by atoms with van der Waals surface area (Å²) in [7, 11) is -4.21. The molecule has 0 bridgehead atoms. The van der Waals surface area contributed by atoms with Crippen molar-refractivity contribution in [1.82, 2.24) is 0 Å². The molecule has 3 nitrogen and oxygen atoms in total. The van der Waals surface area contributed by atoms with E-state index in [0.29, 0.717) is 12.1 Å². The maximum Gasteiger partial charge on any atom is 0.238 e. The number of sulfonamides is 1. The quantitative estimate of drug-likeness (QED) is 0.697. The summed E-state index contributed by atoms with van der Waals surface area (Å²) in [6.07, 6.45) is 0. The number of primary sulfonamides is 1. The van der Waals surface area contributed by atoms with Gasteiger partial charge in [0.25, 0.3) is 0 Å². The van der Waals surface area contributed by atoms with Crippen molar-refractivity contribution in [2.45, 2.75) is 4.90 Å². The third-order valence-electron chi connectivity index (χ3n) is 1.29. The van der Waals surface area contributed by atoms with Crippen LogP contribution in [0, 0.1) is 17.5 Å². The zero-order valence-corrected chi connectivity index (χ0v) is 6.91. The van der Waals surface area contributed by atoms with Crippen LogP contribution in [-0.4, -0.2) is 8.42 Å². The minimum Gasteiger partial charge on any atom is -0.225 e. The van der Waals surface area contributed by atoms with E-state index in [-0.39, 0.29) is 0 Å². The molecule has 7 heteroatoms. The van der Waals surface area contributed by atoms with Crippen molar-refractivity contribution in [3.63, 3.8) is 0 Å². The van der Waals surface area contributed by atoms with E-state index in [1.807, 2.05) is 0 Å². The minimum atomic E-state index is -4.21. The van der Waals surface area contributed by atoms with Crippen LogP contribution in [0.5, 0.6) is 0 Å². The molecule has 0 fully saturated rings. The highest BCUT2D eigenvalue weighted by Gasteiger charge is 2.16. The summed E-state index contributed by atoms with van der Waals surface area (Å²) in [6.45, 7) is 0. The number of halogens is 3. The summed E-state index contributed by atoms with van der Waals surface area (Å²) < 4.78 is 58.3. The van der Waals surface area contributed by atoms with Gasteiger partial charge in [-0.3, -0.25) is 0 Å². The van der Waals surface area contributed by atoms with Gasteiger partial charge < -0.3 is 0 Å². The lowest BCUT2D eigenvalue weighted by molar-refractivity contribution is 0.442. The maximum absolute atomic E-state index is 12.4. The lowest BCUT2D eigenvalue weighted by Crippen LogP contribution is -2.13. The summed E-state index contributed by atoms with van der Waals surface area (Å²) in [4.78, 5) is -0.802. The average Bonchev–Trinajstić information content (AvgIpc) is 1.97. The van der Waals surface area contributed by atoms with Gasteiger partial charge in [0.15, 0.2) is 17.5 Å². The molecule has 1 aromatic rings. The lowest BCUT2D eigenvalue weighted by Gasteiger charge is -1.99. The van der Waals surface area contributed by atoms with Crippen LogP contribution in [0.3, 0.4) is 0 Å². The molecule has 1 aromatic carbocycles. The monoisotopic (exact) mass is 211 g/mol. The molecule has 0 unspecified atom stereocenters. The molecule has 0 aliphatic carbocycles. The molecule has 13 heavy (non-hydrogen) atoms. The molecule has 0 heterocycles. The maximum atomic E-state index is 12.4. The Morgan fingerprint density at radius 1 is 1.08 bits per heavy atom. The van der Waals surface area contributed by atoms with Gasteiger partial charge in [-0.15, -0.1) is 0 Å². The molecule has 0 aromatic heterocycles. The molecule has 0 aliphatic heterocycles. The number of hydrogen-bond acceptors (Lipinski definition) is 2. The van der Waals surface area contributed by atoms with E-state index in [1.165, 1.54) is 0 Å². The van der Waals surface area contributed by atoms with Crippen molar-refractivity contribution >= 4 is 10.0 Å². The van der Waals surface area contributed by atoms with Gasteiger partial charge in [0.1, 0.15) is 0 Å². The Balaban J connectivity index is 3.47. The Kier molecular flexibility index (Phi) is 2.31. The first kappa shape index (κ1) is 10.0.